The van der Waals surface area contributed by atoms with E-state index in [1.165, 1.54) is 0 Å². The quantitative estimate of drug-likeness (QED) is 0.704. The maximum Gasteiger partial charge on any atom is 0.130 e. The molecule has 0 fully saturated rings. The minimum Gasteiger partial charge on any atom is -0.508 e. The van der Waals surface area contributed by atoms with Gasteiger partial charge < -0.3 is 10.2 Å². The Kier molecular flexibility index (Phi) is 3.78. The highest BCUT2D eigenvalue weighted by Crippen LogP contribution is 2.34. The summed E-state index contributed by atoms with van der Waals surface area (Å²) >= 11 is 0. The summed E-state index contributed by atoms with van der Waals surface area (Å²) in [6, 6.07) is 7.43. The Balaban J connectivity index is 0.000000606. The molecule has 0 aliphatic carbocycles. The van der Waals surface area contributed by atoms with Gasteiger partial charge >= 0.3 is 0 Å². The van der Waals surface area contributed by atoms with Crippen molar-refractivity contribution in [3.63, 3.8) is 0 Å². The summed E-state index contributed by atoms with van der Waals surface area (Å²) in [5.74, 6) is 0.308. The second kappa shape index (κ2) is 4.88. The molecule has 2 nitrogen and oxygen atoms in total. The third-order valence-corrected chi connectivity index (χ3v) is 2.50. The molecule has 0 aromatic heterocycles. The van der Waals surface area contributed by atoms with E-state index in [0.717, 1.165) is 16.3 Å². The standard InChI is InChI=1S/C12H12O2.C2H6/c1-7-3-4-9-6-11(13)8(2)12(14)10(9)5-7;1-2/h3-6,13-14H,1-2H3;1-2H3. The van der Waals surface area contributed by atoms with Crippen molar-refractivity contribution in [2.75, 3.05) is 0 Å². The van der Waals surface area contributed by atoms with Gasteiger partial charge in [0.25, 0.3) is 0 Å². The first-order chi connectivity index (χ1) is 7.59. The number of aromatic hydroxyl groups is 2. The van der Waals surface area contributed by atoms with E-state index >= 15 is 0 Å². The van der Waals surface area contributed by atoms with Crippen LogP contribution in [0.2, 0.25) is 0 Å². The average Bonchev–Trinajstić information content (AvgIpc) is 2.30. The summed E-state index contributed by atoms with van der Waals surface area (Å²) in [7, 11) is 0. The molecule has 0 atom stereocenters. The molecule has 2 aromatic carbocycles. The van der Waals surface area contributed by atoms with Crippen LogP contribution >= 0.6 is 0 Å². The lowest BCUT2D eigenvalue weighted by Gasteiger charge is -2.07. The van der Waals surface area contributed by atoms with Crippen LogP contribution in [0.5, 0.6) is 11.5 Å². The van der Waals surface area contributed by atoms with Crippen molar-refractivity contribution in [3.8, 4) is 11.5 Å². The first-order valence-corrected chi connectivity index (χ1v) is 5.51. The van der Waals surface area contributed by atoms with Crippen LogP contribution in [0.15, 0.2) is 24.3 Å². The fourth-order valence-corrected chi connectivity index (χ4v) is 1.58. The molecule has 16 heavy (non-hydrogen) atoms. The van der Waals surface area contributed by atoms with Crippen LogP contribution in [-0.2, 0) is 0 Å². The third-order valence-electron chi connectivity index (χ3n) is 2.50. The highest BCUT2D eigenvalue weighted by atomic mass is 16.3. The highest BCUT2D eigenvalue weighted by Gasteiger charge is 2.07. The van der Waals surface area contributed by atoms with E-state index in [1.807, 2.05) is 39.0 Å². The SMILES string of the molecule is CC.Cc1ccc2cc(O)c(C)c(O)c2c1. The zero-order valence-corrected chi connectivity index (χ0v) is 10.2. The van der Waals surface area contributed by atoms with Crippen LogP contribution in [0.1, 0.15) is 25.0 Å². The van der Waals surface area contributed by atoms with Gasteiger partial charge in [-0.15, -0.1) is 0 Å². The first-order valence-electron chi connectivity index (χ1n) is 5.51. The van der Waals surface area contributed by atoms with Crippen molar-refractivity contribution in [2.45, 2.75) is 27.7 Å². The van der Waals surface area contributed by atoms with E-state index in [0.29, 0.717) is 5.56 Å². The van der Waals surface area contributed by atoms with Crippen LogP contribution in [0.4, 0.5) is 0 Å². The second-order valence-electron chi connectivity index (χ2n) is 3.59. The van der Waals surface area contributed by atoms with Crippen molar-refractivity contribution in [3.05, 3.63) is 35.4 Å². The molecule has 0 unspecified atom stereocenters. The third kappa shape index (κ3) is 2.11. The summed E-state index contributed by atoms with van der Waals surface area (Å²) in [5, 5.41) is 21.0. The Labute approximate surface area is 96.2 Å². The lowest BCUT2D eigenvalue weighted by Crippen LogP contribution is -1.81. The zero-order valence-electron chi connectivity index (χ0n) is 10.2. The van der Waals surface area contributed by atoms with Gasteiger partial charge in [0.2, 0.25) is 0 Å². The summed E-state index contributed by atoms with van der Waals surface area (Å²) < 4.78 is 0. The molecule has 0 amide bonds. The van der Waals surface area contributed by atoms with Gasteiger partial charge in [0.05, 0.1) is 0 Å². The number of benzene rings is 2. The molecule has 0 saturated heterocycles. The second-order valence-corrected chi connectivity index (χ2v) is 3.59. The van der Waals surface area contributed by atoms with Gasteiger partial charge in [0.1, 0.15) is 11.5 Å². The Morgan fingerprint density at radius 1 is 0.938 bits per heavy atom. The molecule has 2 aromatic rings. The van der Waals surface area contributed by atoms with Crippen LogP contribution in [0.3, 0.4) is 0 Å². The molecule has 0 heterocycles. The molecule has 0 bridgehead atoms. The molecule has 0 radical (unpaired) electrons. The summed E-state index contributed by atoms with van der Waals surface area (Å²) in [6.07, 6.45) is 0. The molecule has 0 saturated carbocycles. The molecule has 86 valence electrons. The summed E-state index contributed by atoms with van der Waals surface area (Å²) in [5.41, 5.74) is 1.63. The van der Waals surface area contributed by atoms with Crippen molar-refractivity contribution in [1.29, 1.82) is 0 Å². The number of hydrogen-bond acceptors (Lipinski definition) is 2. The van der Waals surface area contributed by atoms with Gasteiger partial charge in [-0.3, -0.25) is 0 Å². The molecule has 2 heteroatoms. The van der Waals surface area contributed by atoms with Gasteiger partial charge in [-0.25, -0.2) is 0 Å². The largest absolute Gasteiger partial charge is 0.508 e. The molecule has 0 spiro atoms. The zero-order chi connectivity index (χ0) is 12.3. The minimum absolute atomic E-state index is 0.138. The summed E-state index contributed by atoms with van der Waals surface area (Å²) in [4.78, 5) is 0. The van der Waals surface area contributed by atoms with E-state index < -0.39 is 0 Å². The normalized spacial score (nSPS) is 9.75. The van der Waals surface area contributed by atoms with Crippen LogP contribution in [0.25, 0.3) is 10.8 Å². The van der Waals surface area contributed by atoms with Gasteiger partial charge in [-0.1, -0.05) is 31.5 Å². The Bertz CT molecular complexity index is 502. The molecular formula is C14H18O2. The smallest absolute Gasteiger partial charge is 0.130 e. The number of aryl methyl sites for hydroxylation is 1. The van der Waals surface area contributed by atoms with E-state index in [9.17, 15) is 10.2 Å². The fraction of sp³-hybridized carbons (Fsp3) is 0.286. The number of hydrogen-bond donors (Lipinski definition) is 2. The van der Waals surface area contributed by atoms with E-state index in [1.54, 1.807) is 13.0 Å². The molecule has 0 aliphatic rings. The van der Waals surface area contributed by atoms with Gasteiger partial charge in [0.15, 0.2) is 0 Å². The Hall–Kier alpha value is -1.70. The van der Waals surface area contributed by atoms with Crippen molar-refractivity contribution < 1.29 is 10.2 Å². The number of phenols is 2. The predicted octanol–water partition coefficient (Wildman–Crippen LogP) is 3.89. The molecular weight excluding hydrogens is 200 g/mol. The maximum atomic E-state index is 9.80. The van der Waals surface area contributed by atoms with Crippen molar-refractivity contribution in [1.82, 2.24) is 0 Å². The van der Waals surface area contributed by atoms with E-state index in [2.05, 4.69) is 0 Å². The number of phenolic OH excluding ortho intramolecular Hbond substituents is 2. The maximum absolute atomic E-state index is 9.80. The van der Waals surface area contributed by atoms with E-state index in [4.69, 9.17) is 0 Å². The number of rotatable bonds is 0. The molecule has 2 rings (SSSR count). The monoisotopic (exact) mass is 218 g/mol. The average molecular weight is 218 g/mol. The van der Waals surface area contributed by atoms with Gasteiger partial charge in [-0.2, -0.15) is 0 Å². The van der Waals surface area contributed by atoms with Crippen LogP contribution in [0, 0.1) is 13.8 Å². The Morgan fingerprint density at radius 2 is 1.56 bits per heavy atom. The lowest BCUT2D eigenvalue weighted by molar-refractivity contribution is 0.448. The van der Waals surface area contributed by atoms with Crippen molar-refractivity contribution in [2.24, 2.45) is 0 Å². The predicted molar refractivity (Wildman–Crippen MR) is 68.1 cm³/mol. The molecule has 2 N–H and O–H groups in total. The van der Waals surface area contributed by atoms with Gasteiger partial charge in [-0.05, 0) is 31.4 Å². The van der Waals surface area contributed by atoms with Crippen molar-refractivity contribution >= 4 is 10.8 Å². The highest BCUT2D eigenvalue weighted by molar-refractivity contribution is 5.91. The van der Waals surface area contributed by atoms with Gasteiger partial charge in [0, 0.05) is 10.9 Å². The summed E-state index contributed by atoms with van der Waals surface area (Å²) in [6.45, 7) is 7.67. The lowest BCUT2D eigenvalue weighted by atomic mass is 10.0. The fourth-order valence-electron chi connectivity index (χ4n) is 1.58. The Morgan fingerprint density at radius 3 is 2.19 bits per heavy atom. The van der Waals surface area contributed by atoms with E-state index in [-0.39, 0.29) is 11.5 Å². The first kappa shape index (κ1) is 12.4. The van der Waals surface area contributed by atoms with Crippen LogP contribution < -0.4 is 0 Å². The number of fused-ring (bicyclic) bond motifs is 1. The topological polar surface area (TPSA) is 40.5 Å². The molecule has 0 aliphatic heterocycles. The minimum atomic E-state index is 0.138. The van der Waals surface area contributed by atoms with Crippen LogP contribution in [-0.4, -0.2) is 10.2 Å².